The van der Waals surface area contributed by atoms with Gasteiger partial charge in [0.05, 0.1) is 13.2 Å². The highest BCUT2D eigenvalue weighted by Crippen LogP contribution is 2.22. The molecule has 0 fully saturated rings. The predicted octanol–water partition coefficient (Wildman–Crippen LogP) is 8.53. The molecule has 0 spiro atoms. The molecule has 0 radical (unpaired) electrons. The molecule has 2 aromatic rings. The molecule has 0 aromatic heterocycles. The van der Waals surface area contributed by atoms with Gasteiger partial charge in [-0.05, 0) is 60.7 Å². The maximum absolute atomic E-state index is 5.95. The zero-order valence-electron chi connectivity index (χ0n) is 19.6. The highest BCUT2D eigenvalue weighted by molar-refractivity contribution is 6.30. The second kappa shape index (κ2) is 17.2. The standard InChI is InChI=1S/C21H27ClO2.C3H8.C2H6/c1-4-16(2)13-18-7-5-8-20(15-18)23-11-6-12-24-21-10-9-19(22)14-17(21)3;1-3-2;1-2/h5,7-10,14-16H,4,6,11-13H2,1-3H3;3H2,1-2H3;1-2H3. The van der Waals surface area contributed by atoms with Gasteiger partial charge in [0.15, 0.2) is 0 Å². The summed E-state index contributed by atoms with van der Waals surface area (Å²) in [5.74, 6) is 2.53. The van der Waals surface area contributed by atoms with Crippen LogP contribution >= 0.6 is 11.6 Å². The summed E-state index contributed by atoms with van der Waals surface area (Å²) in [6, 6.07) is 14.1. The van der Waals surface area contributed by atoms with Gasteiger partial charge in [-0.15, -0.1) is 0 Å². The summed E-state index contributed by atoms with van der Waals surface area (Å²) in [5, 5.41) is 0.737. The van der Waals surface area contributed by atoms with Crippen molar-refractivity contribution in [1.82, 2.24) is 0 Å². The highest BCUT2D eigenvalue weighted by atomic mass is 35.5. The van der Waals surface area contributed by atoms with E-state index in [0.29, 0.717) is 19.1 Å². The molecule has 3 heteroatoms. The molecule has 1 atom stereocenters. The van der Waals surface area contributed by atoms with Crippen molar-refractivity contribution in [3.8, 4) is 11.5 Å². The Balaban J connectivity index is 0.00000143. The lowest BCUT2D eigenvalue weighted by Gasteiger charge is -2.12. The fraction of sp³-hybridized carbons (Fsp3) is 0.538. The number of halogens is 1. The number of hydrogen-bond acceptors (Lipinski definition) is 2. The zero-order valence-corrected chi connectivity index (χ0v) is 20.3. The second-order valence-corrected chi connectivity index (χ2v) is 7.47. The smallest absolute Gasteiger partial charge is 0.122 e. The van der Waals surface area contributed by atoms with E-state index in [4.69, 9.17) is 21.1 Å². The molecule has 29 heavy (non-hydrogen) atoms. The minimum absolute atomic E-state index is 0.634. The normalized spacial score (nSPS) is 10.8. The molecule has 0 heterocycles. The average Bonchev–Trinajstić information content (AvgIpc) is 2.71. The van der Waals surface area contributed by atoms with Gasteiger partial charge >= 0.3 is 0 Å². The van der Waals surface area contributed by atoms with Crippen molar-refractivity contribution < 1.29 is 9.47 Å². The molecule has 164 valence electrons. The monoisotopic (exact) mass is 420 g/mol. The van der Waals surface area contributed by atoms with Crippen molar-refractivity contribution in [2.75, 3.05) is 13.2 Å². The number of aryl methyl sites for hydroxylation is 1. The van der Waals surface area contributed by atoms with Crippen molar-refractivity contribution >= 4 is 11.6 Å². The van der Waals surface area contributed by atoms with E-state index >= 15 is 0 Å². The Bertz CT molecular complexity index is 655. The van der Waals surface area contributed by atoms with Crippen molar-refractivity contribution in [3.63, 3.8) is 0 Å². The maximum atomic E-state index is 5.95. The lowest BCUT2D eigenvalue weighted by Crippen LogP contribution is -2.06. The van der Waals surface area contributed by atoms with Crippen LogP contribution in [0, 0.1) is 12.8 Å². The Morgan fingerprint density at radius 3 is 2.21 bits per heavy atom. The molecule has 0 saturated heterocycles. The van der Waals surface area contributed by atoms with E-state index in [1.54, 1.807) is 0 Å². The van der Waals surface area contributed by atoms with E-state index < -0.39 is 0 Å². The van der Waals surface area contributed by atoms with E-state index in [2.05, 4.69) is 45.9 Å². The van der Waals surface area contributed by atoms with Crippen molar-refractivity contribution in [2.24, 2.45) is 5.92 Å². The second-order valence-electron chi connectivity index (χ2n) is 7.03. The molecule has 2 nitrogen and oxygen atoms in total. The summed E-state index contributed by atoms with van der Waals surface area (Å²) in [6.07, 6.45) is 4.40. The van der Waals surface area contributed by atoms with E-state index in [1.165, 1.54) is 18.4 Å². The SMILES string of the molecule is CC.CCC.CCC(C)Cc1cccc(OCCCOc2ccc(Cl)cc2C)c1. The first-order valence-electron chi connectivity index (χ1n) is 11.1. The molecule has 2 aromatic carbocycles. The van der Waals surface area contributed by atoms with Crippen LogP contribution in [0.4, 0.5) is 0 Å². The number of hydrogen-bond donors (Lipinski definition) is 0. The molecule has 0 bridgehead atoms. The molecule has 0 saturated carbocycles. The topological polar surface area (TPSA) is 18.5 Å². The zero-order chi connectivity index (χ0) is 22.1. The van der Waals surface area contributed by atoms with Gasteiger partial charge in [-0.25, -0.2) is 0 Å². The van der Waals surface area contributed by atoms with Crippen molar-refractivity contribution in [3.05, 3.63) is 58.6 Å². The quantitative estimate of drug-likeness (QED) is 0.378. The first-order chi connectivity index (χ1) is 14.0. The van der Waals surface area contributed by atoms with Gasteiger partial charge in [-0.3, -0.25) is 0 Å². The summed E-state index contributed by atoms with van der Waals surface area (Å²) in [5.41, 5.74) is 2.40. The molecule has 2 rings (SSSR count). The molecule has 0 N–H and O–H groups in total. The van der Waals surface area contributed by atoms with Crippen LogP contribution in [0.15, 0.2) is 42.5 Å². The fourth-order valence-corrected chi connectivity index (χ4v) is 2.74. The van der Waals surface area contributed by atoms with E-state index in [0.717, 1.165) is 34.9 Å². The Hall–Kier alpha value is -1.67. The largest absolute Gasteiger partial charge is 0.493 e. The number of ether oxygens (including phenoxy) is 2. The van der Waals surface area contributed by atoms with Crippen LogP contribution in [-0.2, 0) is 6.42 Å². The predicted molar refractivity (Wildman–Crippen MR) is 129 cm³/mol. The van der Waals surface area contributed by atoms with Gasteiger partial charge in [-0.1, -0.05) is 78.1 Å². The maximum Gasteiger partial charge on any atom is 0.122 e. The summed E-state index contributed by atoms with van der Waals surface area (Å²) in [7, 11) is 0. The molecule has 0 aliphatic carbocycles. The first kappa shape index (κ1) is 27.3. The Morgan fingerprint density at radius 1 is 0.931 bits per heavy atom. The Labute approximate surface area is 184 Å². The van der Waals surface area contributed by atoms with Crippen LogP contribution in [0.1, 0.15) is 71.9 Å². The highest BCUT2D eigenvalue weighted by Gasteiger charge is 2.03. The van der Waals surface area contributed by atoms with Crippen molar-refractivity contribution in [2.45, 2.75) is 74.1 Å². The lowest BCUT2D eigenvalue weighted by molar-refractivity contribution is 0.246. The molecule has 0 aliphatic heterocycles. The third-order valence-electron chi connectivity index (χ3n) is 4.13. The van der Waals surface area contributed by atoms with Gasteiger partial charge in [0.2, 0.25) is 0 Å². The Morgan fingerprint density at radius 2 is 1.59 bits per heavy atom. The van der Waals surface area contributed by atoms with Crippen LogP contribution in [0.3, 0.4) is 0 Å². The van der Waals surface area contributed by atoms with Crippen LogP contribution in [0.2, 0.25) is 5.02 Å². The van der Waals surface area contributed by atoms with Gasteiger partial charge in [-0.2, -0.15) is 0 Å². The summed E-state index contributed by atoms with van der Waals surface area (Å²) in [4.78, 5) is 0. The van der Waals surface area contributed by atoms with Gasteiger partial charge in [0.1, 0.15) is 11.5 Å². The molecule has 0 aliphatic rings. The van der Waals surface area contributed by atoms with Gasteiger partial charge in [0, 0.05) is 11.4 Å². The van der Waals surface area contributed by atoms with E-state index in [1.807, 2.05) is 45.0 Å². The molecule has 1 unspecified atom stereocenters. The number of rotatable bonds is 9. The molecular weight excluding hydrogens is 380 g/mol. The molecule has 0 amide bonds. The minimum Gasteiger partial charge on any atom is -0.493 e. The lowest BCUT2D eigenvalue weighted by atomic mass is 9.99. The first-order valence-corrected chi connectivity index (χ1v) is 11.5. The average molecular weight is 421 g/mol. The fourth-order valence-electron chi connectivity index (χ4n) is 2.51. The van der Waals surface area contributed by atoms with Crippen LogP contribution in [0.5, 0.6) is 11.5 Å². The van der Waals surface area contributed by atoms with Crippen molar-refractivity contribution in [1.29, 1.82) is 0 Å². The van der Waals surface area contributed by atoms with Gasteiger partial charge < -0.3 is 9.47 Å². The van der Waals surface area contributed by atoms with Crippen LogP contribution in [-0.4, -0.2) is 13.2 Å². The number of benzene rings is 2. The molecular formula is C26H41ClO2. The van der Waals surface area contributed by atoms with Crippen LogP contribution in [0.25, 0.3) is 0 Å². The Kier molecular flexibility index (Phi) is 16.2. The third-order valence-corrected chi connectivity index (χ3v) is 4.37. The van der Waals surface area contributed by atoms with Crippen LogP contribution < -0.4 is 9.47 Å². The van der Waals surface area contributed by atoms with E-state index in [9.17, 15) is 0 Å². The summed E-state index contributed by atoms with van der Waals surface area (Å²) >= 11 is 5.95. The summed E-state index contributed by atoms with van der Waals surface area (Å²) < 4.78 is 11.6. The summed E-state index contributed by atoms with van der Waals surface area (Å²) in [6.45, 7) is 16.0. The minimum atomic E-state index is 0.634. The van der Waals surface area contributed by atoms with Gasteiger partial charge in [0.25, 0.3) is 0 Å². The third kappa shape index (κ3) is 12.5. The van der Waals surface area contributed by atoms with E-state index in [-0.39, 0.29) is 0 Å².